The van der Waals surface area contributed by atoms with Crippen molar-refractivity contribution in [2.45, 2.75) is 44.3 Å². The van der Waals surface area contributed by atoms with E-state index in [2.05, 4.69) is 20.5 Å². The van der Waals surface area contributed by atoms with Crippen LogP contribution in [0.3, 0.4) is 0 Å². The predicted octanol–water partition coefficient (Wildman–Crippen LogP) is 1.27. The number of halogens is 4. The quantitative estimate of drug-likeness (QED) is 0.486. The number of nitrogens with zero attached hydrogens (tertiary/aromatic N) is 5. The molecule has 32 heavy (non-hydrogen) atoms. The largest absolute Gasteiger partial charge is 0.550 e. The summed E-state index contributed by atoms with van der Waals surface area (Å²) < 4.78 is 60.2. The molecule has 1 N–H and O–H groups in total. The molecule has 0 saturated heterocycles. The van der Waals surface area contributed by atoms with Gasteiger partial charge in [-0.2, -0.15) is 8.78 Å². The van der Waals surface area contributed by atoms with Gasteiger partial charge in [0.15, 0.2) is 5.60 Å². The SMILES string of the molecule is CCc1nc(C(F)(F)C(O)(Cn2cnnn2)c2ccc(F)cc2F)ccc1CCC(=O)[O-]. The average Bonchev–Trinajstić information content (AvgIpc) is 3.24. The van der Waals surface area contributed by atoms with Crippen LogP contribution in [0.2, 0.25) is 0 Å². The van der Waals surface area contributed by atoms with Gasteiger partial charge in [-0.3, -0.25) is 4.98 Å². The summed E-state index contributed by atoms with van der Waals surface area (Å²) in [6.45, 7) is 0.671. The fourth-order valence-electron chi connectivity index (χ4n) is 3.35. The lowest BCUT2D eigenvalue weighted by molar-refractivity contribution is -0.305. The van der Waals surface area contributed by atoms with Crippen LogP contribution in [0.15, 0.2) is 36.7 Å². The lowest BCUT2D eigenvalue weighted by Crippen LogP contribution is -2.48. The van der Waals surface area contributed by atoms with Gasteiger partial charge in [0.05, 0.1) is 6.54 Å². The van der Waals surface area contributed by atoms with Crippen molar-refractivity contribution in [3.63, 3.8) is 0 Å². The molecule has 0 spiro atoms. The molecule has 1 aromatic carbocycles. The Bertz CT molecular complexity index is 1110. The van der Waals surface area contributed by atoms with Gasteiger partial charge in [0.1, 0.15) is 23.7 Å². The minimum atomic E-state index is -4.19. The van der Waals surface area contributed by atoms with Crippen LogP contribution in [0, 0.1) is 11.6 Å². The molecule has 1 atom stereocenters. The highest BCUT2D eigenvalue weighted by molar-refractivity contribution is 5.64. The number of hydrogen-bond donors (Lipinski definition) is 1. The zero-order valence-electron chi connectivity index (χ0n) is 16.8. The van der Waals surface area contributed by atoms with Crippen LogP contribution < -0.4 is 5.11 Å². The van der Waals surface area contributed by atoms with Crippen LogP contribution in [-0.2, 0) is 35.7 Å². The molecule has 0 fully saturated rings. The summed E-state index contributed by atoms with van der Waals surface area (Å²) in [4.78, 5) is 14.7. The number of carbonyl (C=O) groups is 1. The summed E-state index contributed by atoms with van der Waals surface area (Å²) in [6.07, 6.45) is 0.847. The zero-order valence-corrected chi connectivity index (χ0v) is 16.8. The van der Waals surface area contributed by atoms with Crippen LogP contribution in [0.4, 0.5) is 17.6 Å². The lowest BCUT2D eigenvalue weighted by atomic mass is 9.84. The number of alkyl halides is 2. The first-order chi connectivity index (χ1) is 15.1. The van der Waals surface area contributed by atoms with E-state index < -0.39 is 46.9 Å². The standard InChI is InChI=1S/C20H19F4N5O3/c1-2-16-12(4-8-18(30)31)3-7-17(26-16)20(23,24)19(32,10-29-11-25-27-28-29)14-6-5-13(21)9-15(14)22/h3,5-7,9,11,32H,2,4,8,10H2,1H3,(H,30,31)/p-1. The molecule has 3 rings (SSSR count). The number of tetrazole rings is 1. The molecule has 1 unspecified atom stereocenters. The number of aromatic nitrogens is 5. The number of aliphatic carboxylic acids is 1. The van der Waals surface area contributed by atoms with Gasteiger partial charge >= 0.3 is 5.92 Å². The topological polar surface area (TPSA) is 117 Å². The van der Waals surface area contributed by atoms with Crippen molar-refractivity contribution >= 4 is 5.97 Å². The van der Waals surface area contributed by atoms with E-state index in [-0.39, 0.29) is 25.0 Å². The van der Waals surface area contributed by atoms with Crippen molar-refractivity contribution in [2.75, 3.05) is 0 Å². The molecule has 8 nitrogen and oxygen atoms in total. The van der Waals surface area contributed by atoms with Gasteiger partial charge in [-0.25, -0.2) is 13.5 Å². The summed E-state index contributed by atoms with van der Waals surface area (Å²) in [5.41, 5.74) is -4.39. The Morgan fingerprint density at radius 2 is 1.97 bits per heavy atom. The number of rotatable bonds is 9. The number of benzene rings is 1. The molecular weight excluding hydrogens is 434 g/mol. The molecule has 12 heteroatoms. The van der Waals surface area contributed by atoms with Gasteiger partial charge in [-0.15, -0.1) is 5.10 Å². The number of carboxylic acids is 1. The summed E-state index contributed by atoms with van der Waals surface area (Å²) >= 11 is 0. The van der Waals surface area contributed by atoms with Crippen molar-refractivity contribution in [2.24, 2.45) is 0 Å². The minimum Gasteiger partial charge on any atom is -0.550 e. The first-order valence-corrected chi connectivity index (χ1v) is 9.54. The van der Waals surface area contributed by atoms with Gasteiger partial charge in [0.25, 0.3) is 0 Å². The molecule has 0 aliphatic rings. The van der Waals surface area contributed by atoms with Gasteiger partial charge in [-0.05, 0) is 53.5 Å². The molecule has 0 saturated carbocycles. The second-order valence-corrected chi connectivity index (χ2v) is 7.09. The Kier molecular flexibility index (Phi) is 6.53. The van der Waals surface area contributed by atoms with Gasteiger partial charge in [0.2, 0.25) is 0 Å². The molecule has 0 radical (unpaired) electrons. The van der Waals surface area contributed by atoms with Crippen LogP contribution in [0.1, 0.15) is 35.9 Å². The highest BCUT2D eigenvalue weighted by atomic mass is 19.3. The molecule has 0 aliphatic heterocycles. The molecule has 2 aromatic heterocycles. The van der Waals surface area contributed by atoms with E-state index in [0.717, 1.165) is 29.2 Å². The normalized spacial score (nSPS) is 13.7. The number of aliphatic hydroxyl groups is 1. The third-order valence-corrected chi connectivity index (χ3v) is 5.00. The minimum absolute atomic E-state index is 0.0197. The number of aryl methyl sites for hydroxylation is 2. The lowest BCUT2D eigenvalue weighted by Gasteiger charge is -2.36. The molecule has 0 bridgehead atoms. The summed E-state index contributed by atoms with van der Waals surface area (Å²) in [7, 11) is 0. The fraction of sp³-hybridized carbons (Fsp3) is 0.350. The number of carboxylic acid groups (broad SMARTS) is 1. The van der Waals surface area contributed by atoms with Gasteiger partial charge in [0, 0.05) is 23.3 Å². The van der Waals surface area contributed by atoms with Crippen molar-refractivity contribution < 1.29 is 32.6 Å². The van der Waals surface area contributed by atoms with Crippen LogP contribution in [0.5, 0.6) is 0 Å². The van der Waals surface area contributed by atoms with Crippen LogP contribution >= 0.6 is 0 Å². The van der Waals surface area contributed by atoms with E-state index >= 15 is 8.78 Å². The van der Waals surface area contributed by atoms with Crippen molar-refractivity contribution in [1.82, 2.24) is 25.2 Å². The van der Waals surface area contributed by atoms with E-state index in [1.165, 1.54) is 6.07 Å². The molecule has 0 amide bonds. The Morgan fingerprint density at radius 1 is 1.22 bits per heavy atom. The second-order valence-electron chi connectivity index (χ2n) is 7.09. The van der Waals surface area contributed by atoms with Gasteiger partial charge < -0.3 is 15.0 Å². The van der Waals surface area contributed by atoms with Crippen molar-refractivity contribution in [1.29, 1.82) is 0 Å². The van der Waals surface area contributed by atoms with E-state index in [9.17, 15) is 23.8 Å². The summed E-state index contributed by atoms with van der Waals surface area (Å²) in [5, 5.41) is 32.0. The maximum Gasteiger partial charge on any atom is 0.323 e. The monoisotopic (exact) mass is 452 g/mol. The number of hydrogen-bond acceptors (Lipinski definition) is 7. The maximum absolute atomic E-state index is 15.8. The van der Waals surface area contributed by atoms with Crippen LogP contribution in [0.25, 0.3) is 0 Å². The van der Waals surface area contributed by atoms with Crippen molar-refractivity contribution in [3.05, 3.63) is 70.8 Å². The summed E-state index contributed by atoms with van der Waals surface area (Å²) in [5.74, 6) is -7.89. The molecule has 3 aromatic rings. The average molecular weight is 452 g/mol. The predicted molar refractivity (Wildman–Crippen MR) is 98.9 cm³/mol. The Morgan fingerprint density at radius 3 is 2.56 bits per heavy atom. The second kappa shape index (κ2) is 8.99. The maximum atomic E-state index is 15.8. The smallest absolute Gasteiger partial charge is 0.323 e. The Hall–Kier alpha value is -3.41. The Labute approximate surface area is 179 Å². The molecule has 0 aliphatic carbocycles. The summed E-state index contributed by atoms with van der Waals surface area (Å²) in [6, 6.07) is 4.04. The number of carbonyl (C=O) groups excluding carboxylic acids is 1. The van der Waals surface area contributed by atoms with Gasteiger partial charge in [-0.1, -0.05) is 13.0 Å². The van der Waals surface area contributed by atoms with E-state index in [1.807, 2.05) is 0 Å². The highest BCUT2D eigenvalue weighted by Crippen LogP contribution is 2.46. The van der Waals surface area contributed by atoms with Crippen molar-refractivity contribution in [3.8, 4) is 0 Å². The van der Waals surface area contributed by atoms with E-state index in [0.29, 0.717) is 11.6 Å². The highest BCUT2D eigenvalue weighted by Gasteiger charge is 2.58. The molecular formula is C20H18F4N5O3-. The fourth-order valence-corrected chi connectivity index (χ4v) is 3.35. The molecule has 170 valence electrons. The van der Waals surface area contributed by atoms with E-state index in [1.54, 1.807) is 6.92 Å². The van der Waals surface area contributed by atoms with Crippen LogP contribution in [-0.4, -0.2) is 36.3 Å². The first-order valence-electron chi connectivity index (χ1n) is 9.54. The Balaban J connectivity index is 2.11. The first kappa shape index (κ1) is 23.3. The third-order valence-electron chi connectivity index (χ3n) is 5.00. The number of pyridine rings is 1. The third kappa shape index (κ3) is 4.44. The zero-order chi connectivity index (χ0) is 23.5. The molecule has 2 heterocycles. The van der Waals surface area contributed by atoms with E-state index in [4.69, 9.17) is 0 Å².